The Balaban J connectivity index is 1.27. The van der Waals surface area contributed by atoms with Crippen LogP contribution in [0.15, 0.2) is 71.5 Å². The number of hydrogen-bond acceptors (Lipinski definition) is 4. The van der Waals surface area contributed by atoms with E-state index in [2.05, 4.69) is 26.8 Å². The van der Waals surface area contributed by atoms with E-state index >= 15 is 0 Å². The molecule has 0 aliphatic heterocycles. The second-order valence-corrected chi connectivity index (χ2v) is 6.72. The minimum atomic E-state index is 0.271. The van der Waals surface area contributed by atoms with Gasteiger partial charge in [-0.2, -0.15) is 4.98 Å². The maximum atomic E-state index is 5.84. The summed E-state index contributed by atoms with van der Waals surface area (Å²) in [6, 6.07) is 18.3. The van der Waals surface area contributed by atoms with Crippen molar-refractivity contribution >= 4 is 0 Å². The first-order chi connectivity index (χ1) is 13.3. The van der Waals surface area contributed by atoms with Crippen molar-refractivity contribution in [3.63, 3.8) is 0 Å². The molecule has 27 heavy (non-hydrogen) atoms. The van der Waals surface area contributed by atoms with Gasteiger partial charge in [0.05, 0.1) is 0 Å². The van der Waals surface area contributed by atoms with Crippen molar-refractivity contribution < 1.29 is 9.26 Å². The van der Waals surface area contributed by atoms with E-state index in [0.717, 1.165) is 23.4 Å². The van der Waals surface area contributed by atoms with Gasteiger partial charge in [0.15, 0.2) is 6.61 Å². The molecule has 4 aromatic rings. The Morgan fingerprint density at radius 1 is 0.963 bits per heavy atom. The first-order valence-corrected chi connectivity index (χ1v) is 9.16. The normalized spacial score (nSPS) is 12.9. The van der Waals surface area contributed by atoms with Crippen LogP contribution in [0.3, 0.4) is 0 Å². The van der Waals surface area contributed by atoms with E-state index < -0.39 is 0 Å². The molecule has 1 aliphatic carbocycles. The van der Waals surface area contributed by atoms with Crippen LogP contribution in [-0.4, -0.2) is 14.7 Å². The summed E-state index contributed by atoms with van der Waals surface area (Å²) in [4.78, 5) is 4.45. The van der Waals surface area contributed by atoms with E-state index in [9.17, 15) is 0 Å². The lowest BCUT2D eigenvalue weighted by atomic mass is 10.1. The molecule has 1 aliphatic rings. The number of aromatic nitrogens is 3. The molecule has 5 rings (SSSR count). The Hall–Kier alpha value is -3.34. The largest absolute Gasteiger partial charge is 0.484 e. The molecule has 2 aromatic carbocycles. The first-order valence-electron chi connectivity index (χ1n) is 9.16. The van der Waals surface area contributed by atoms with Gasteiger partial charge in [0, 0.05) is 23.6 Å². The maximum absolute atomic E-state index is 5.84. The molecule has 5 nitrogen and oxygen atoms in total. The van der Waals surface area contributed by atoms with Crippen molar-refractivity contribution in [3.05, 3.63) is 84.0 Å². The summed E-state index contributed by atoms with van der Waals surface area (Å²) < 4.78 is 13.2. The van der Waals surface area contributed by atoms with Gasteiger partial charge in [-0.1, -0.05) is 11.2 Å². The Morgan fingerprint density at radius 3 is 2.63 bits per heavy atom. The van der Waals surface area contributed by atoms with Crippen LogP contribution in [0.5, 0.6) is 5.75 Å². The Morgan fingerprint density at radius 2 is 1.78 bits per heavy atom. The van der Waals surface area contributed by atoms with Gasteiger partial charge < -0.3 is 13.8 Å². The lowest BCUT2D eigenvalue weighted by Crippen LogP contribution is -1.96. The number of hydrogen-bond donors (Lipinski definition) is 0. The molecule has 0 amide bonds. The zero-order valence-electron chi connectivity index (χ0n) is 14.8. The second kappa shape index (κ2) is 6.76. The summed E-state index contributed by atoms with van der Waals surface area (Å²) in [5.41, 5.74) is 4.83. The first kappa shape index (κ1) is 15.9. The molecule has 2 aromatic heterocycles. The second-order valence-electron chi connectivity index (χ2n) is 6.72. The van der Waals surface area contributed by atoms with Crippen molar-refractivity contribution in [1.82, 2.24) is 14.7 Å². The molecule has 0 fully saturated rings. The number of fused-ring (bicyclic) bond motifs is 1. The highest BCUT2D eigenvalue weighted by molar-refractivity contribution is 5.56. The third-order valence-corrected chi connectivity index (χ3v) is 4.93. The van der Waals surface area contributed by atoms with Crippen LogP contribution in [0.4, 0.5) is 0 Å². The van der Waals surface area contributed by atoms with E-state index in [1.807, 2.05) is 54.9 Å². The van der Waals surface area contributed by atoms with Crippen molar-refractivity contribution in [3.8, 4) is 22.8 Å². The number of benzene rings is 2. The van der Waals surface area contributed by atoms with Crippen molar-refractivity contribution in [2.75, 3.05) is 0 Å². The van der Waals surface area contributed by atoms with Crippen molar-refractivity contribution in [2.45, 2.75) is 25.9 Å². The molecule has 134 valence electrons. The minimum absolute atomic E-state index is 0.271. The SMILES string of the molecule is c1ccn(-c2ccc(-c3noc(COc4ccc5c(c4)CCC5)n3)cc2)c1. The fourth-order valence-corrected chi connectivity index (χ4v) is 3.50. The molecule has 0 N–H and O–H groups in total. The third kappa shape index (κ3) is 3.24. The van der Waals surface area contributed by atoms with E-state index in [-0.39, 0.29) is 6.61 Å². The lowest BCUT2D eigenvalue weighted by Gasteiger charge is -2.05. The molecule has 0 bridgehead atoms. The van der Waals surface area contributed by atoms with Gasteiger partial charge in [-0.25, -0.2) is 0 Å². The molecule has 0 spiro atoms. The highest BCUT2D eigenvalue weighted by atomic mass is 16.5. The van der Waals surface area contributed by atoms with Crippen LogP contribution in [0.25, 0.3) is 17.1 Å². The molecule has 0 radical (unpaired) electrons. The zero-order valence-corrected chi connectivity index (χ0v) is 14.8. The van der Waals surface area contributed by atoms with Gasteiger partial charge in [0.2, 0.25) is 5.82 Å². The summed E-state index contributed by atoms with van der Waals surface area (Å²) in [6.07, 6.45) is 7.56. The quantitative estimate of drug-likeness (QED) is 0.524. The minimum Gasteiger partial charge on any atom is -0.484 e. The molecule has 0 atom stereocenters. The van der Waals surface area contributed by atoms with Gasteiger partial charge in [0.25, 0.3) is 5.89 Å². The fraction of sp³-hybridized carbons (Fsp3) is 0.182. The lowest BCUT2D eigenvalue weighted by molar-refractivity contribution is 0.243. The third-order valence-electron chi connectivity index (χ3n) is 4.93. The standard InChI is InChI=1S/C22H19N3O2/c1-2-13-25(12-1)19-9-6-17(7-10-19)22-23-21(27-24-22)15-26-20-11-8-16-4-3-5-18(16)14-20/h1-2,6-14H,3-5,15H2. The van der Waals surface area contributed by atoms with Crippen LogP contribution in [0.1, 0.15) is 23.4 Å². The molecule has 0 saturated heterocycles. The predicted molar refractivity (Wildman–Crippen MR) is 102 cm³/mol. The molecule has 0 unspecified atom stereocenters. The van der Waals surface area contributed by atoms with Crippen molar-refractivity contribution in [1.29, 1.82) is 0 Å². The molecule has 2 heterocycles. The van der Waals surface area contributed by atoms with Gasteiger partial charge >= 0.3 is 0 Å². The average Bonchev–Trinajstić information content (AvgIpc) is 3.48. The highest BCUT2D eigenvalue weighted by Crippen LogP contribution is 2.26. The summed E-state index contributed by atoms with van der Waals surface area (Å²) in [5, 5.41) is 4.08. The maximum Gasteiger partial charge on any atom is 0.264 e. The van der Waals surface area contributed by atoms with Gasteiger partial charge in [0.1, 0.15) is 5.75 Å². The van der Waals surface area contributed by atoms with E-state index in [4.69, 9.17) is 9.26 Å². The average molecular weight is 357 g/mol. The Kier molecular flexibility index (Phi) is 3.98. The summed E-state index contributed by atoms with van der Waals surface area (Å²) in [5.74, 6) is 1.90. The van der Waals surface area contributed by atoms with E-state index in [0.29, 0.717) is 11.7 Å². The van der Waals surface area contributed by atoms with Gasteiger partial charge in [-0.05, 0) is 78.9 Å². The van der Waals surface area contributed by atoms with E-state index in [1.165, 1.54) is 24.0 Å². The van der Waals surface area contributed by atoms with Crippen LogP contribution in [0.2, 0.25) is 0 Å². The Labute approximate surface area is 157 Å². The van der Waals surface area contributed by atoms with Gasteiger partial charge in [-0.3, -0.25) is 0 Å². The number of ether oxygens (including phenoxy) is 1. The monoisotopic (exact) mass is 357 g/mol. The Bertz CT molecular complexity index is 1050. The number of nitrogens with zero attached hydrogens (tertiary/aromatic N) is 3. The van der Waals surface area contributed by atoms with E-state index in [1.54, 1.807) is 0 Å². The summed E-state index contributed by atoms with van der Waals surface area (Å²) >= 11 is 0. The van der Waals surface area contributed by atoms with Gasteiger partial charge in [-0.15, -0.1) is 0 Å². The molecule has 0 saturated carbocycles. The summed E-state index contributed by atoms with van der Waals surface area (Å²) in [6.45, 7) is 0.271. The van der Waals surface area contributed by atoms with Crippen LogP contribution < -0.4 is 4.74 Å². The number of aryl methyl sites for hydroxylation is 2. The molecular weight excluding hydrogens is 338 g/mol. The number of rotatable bonds is 5. The predicted octanol–water partition coefficient (Wildman–Crippen LogP) is 4.60. The van der Waals surface area contributed by atoms with Crippen molar-refractivity contribution in [2.24, 2.45) is 0 Å². The highest BCUT2D eigenvalue weighted by Gasteiger charge is 2.13. The van der Waals surface area contributed by atoms with Crippen LogP contribution >= 0.6 is 0 Å². The summed E-state index contributed by atoms with van der Waals surface area (Å²) in [7, 11) is 0. The molecular formula is C22H19N3O2. The zero-order chi connectivity index (χ0) is 18.1. The van der Waals surface area contributed by atoms with Crippen LogP contribution in [0, 0.1) is 0 Å². The van der Waals surface area contributed by atoms with Crippen LogP contribution in [-0.2, 0) is 19.4 Å². The smallest absolute Gasteiger partial charge is 0.264 e. The molecule has 5 heteroatoms. The topological polar surface area (TPSA) is 53.1 Å². The fourth-order valence-electron chi connectivity index (χ4n) is 3.50.